The van der Waals surface area contributed by atoms with Crippen LogP contribution >= 0.6 is 11.3 Å². The van der Waals surface area contributed by atoms with Crippen LogP contribution < -0.4 is 5.32 Å². The minimum atomic E-state index is -1.01. The van der Waals surface area contributed by atoms with Crippen LogP contribution in [0.5, 0.6) is 0 Å². The van der Waals surface area contributed by atoms with Crippen molar-refractivity contribution in [2.45, 2.75) is 50.6 Å². The average Bonchev–Trinajstić information content (AvgIpc) is 3.52. The normalized spacial score (nSPS) is 14.7. The van der Waals surface area contributed by atoms with Crippen LogP contribution in [0.25, 0.3) is 0 Å². The highest BCUT2D eigenvalue weighted by Gasteiger charge is 2.34. The van der Waals surface area contributed by atoms with Gasteiger partial charge in [0.05, 0.1) is 6.42 Å². The zero-order chi connectivity index (χ0) is 23.0. The maximum Gasteiger partial charge on any atom is 0.247 e. The van der Waals surface area contributed by atoms with Crippen LogP contribution in [0.2, 0.25) is 0 Å². The van der Waals surface area contributed by atoms with Crippen molar-refractivity contribution >= 4 is 23.2 Å². The fourth-order valence-corrected chi connectivity index (χ4v) is 5.15. The maximum atomic E-state index is 15.0. The van der Waals surface area contributed by atoms with Crippen molar-refractivity contribution in [3.05, 3.63) is 93.9 Å². The predicted molar refractivity (Wildman–Crippen MR) is 129 cm³/mol. The van der Waals surface area contributed by atoms with E-state index in [4.69, 9.17) is 0 Å². The number of rotatable bonds is 9. The van der Waals surface area contributed by atoms with Crippen molar-refractivity contribution in [1.82, 2.24) is 10.2 Å². The van der Waals surface area contributed by atoms with Crippen LogP contribution in [0.3, 0.4) is 0 Å². The first-order chi connectivity index (χ1) is 16.1. The molecule has 2 aromatic carbocycles. The molecular weight excluding hydrogens is 435 g/mol. The molecule has 4 rings (SSSR count). The van der Waals surface area contributed by atoms with Crippen LogP contribution in [-0.4, -0.2) is 29.3 Å². The lowest BCUT2D eigenvalue weighted by atomic mass is 10.0. The van der Waals surface area contributed by atoms with Gasteiger partial charge in [-0.05, 0) is 42.3 Å². The Labute approximate surface area is 198 Å². The van der Waals surface area contributed by atoms with Crippen LogP contribution in [-0.2, 0) is 22.4 Å². The molecule has 1 heterocycles. The molecule has 2 amide bonds. The predicted octanol–water partition coefficient (Wildman–Crippen LogP) is 5.30. The van der Waals surface area contributed by atoms with Crippen molar-refractivity contribution in [2.75, 3.05) is 6.54 Å². The minimum Gasteiger partial charge on any atom is -0.351 e. The van der Waals surface area contributed by atoms with E-state index in [9.17, 15) is 14.0 Å². The number of carbonyl (C=O) groups excluding carboxylic acids is 2. The molecule has 1 N–H and O–H groups in total. The van der Waals surface area contributed by atoms with Gasteiger partial charge in [-0.3, -0.25) is 9.59 Å². The van der Waals surface area contributed by atoms with Gasteiger partial charge in [0, 0.05) is 23.0 Å². The number of carbonyl (C=O) groups is 2. The molecule has 3 aromatic rings. The van der Waals surface area contributed by atoms with Crippen molar-refractivity contribution < 1.29 is 14.0 Å². The molecule has 0 unspecified atom stereocenters. The molecular formula is C27H29FN2O2S. The second-order valence-corrected chi connectivity index (χ2v) is 9.53. The number of hydrogen-bond acceptors (Lipinski definition) is 3. The molecule has 0 aliphatic heterocycles. The standard InChI is InChI=1S/C27H29FN2O2S/c28-24-15-7-6-14-23(24)26(27(32)29-21-11-4-5-12-21)30(17-16-20-9-2-1-3-10-20)25(31)19-22-13-8-18-33-22/h1-3,6-10,13-15,18,21,26H,4-5,11-12,16-17,19H2,(H,29,32)/t26-/m0/s1. The Balaban J connectivity index is 1.66. The summed E-state index contributed by atoms with van der Waals surface area (Å²) in [6.07, 6.45) is 4.76. The van der Waals surface area contributed by atoms with Gasteiger partial charge in [-0.2, -0.15) is 0 Å². The smallest absolute Gasteiger partial charge is 0.247 e. The molecule has 4 nitrogen and oxygen atoms in total. The Kier molecular flexibility index (Phi) is 7.89. The third kappa shape index (κ3) is 6.08. The topological polar surface area (TPSA) is 49.4 Å². The highest BCUT2D eigenvalue weighted by molar-refractivity contribution is 7.10. The summed E-state index contributed by atoms with van der Waals surface area (Å²) < 4.78 is 15.0. The number of hydrogen-bond donors (Lipinski definition) is 1. The molecule has 1 saturated carbocycles. The van der Waals surface area contributed by atoms with Crippen molar-refractivity contribution in [3.8, 4) is 0 Å². The van der Waals surface area contributed by atoms with Crippen molar-refractivity contribution in [1.29, 1.82) is 0 Å². The number of halogens is 1. The zero-order valence-corrected chi connectivity index (χ0v) is 19.4. The lowest BCUT2D eigenvalue weighted by Crippen LogP contribution is -2.47. The Bertz CT molecular complexity index is 1050. The Morgan fingerprint density at radius 3 is 2.42 bits per heavy atom. The molecule has 0 saturated heterocycles. The van der Waals surface area contributed by atoms with Crippen LogP contribution in [0, 0.1) is 5.82 Å². The Morgan fingerprint density at radius 2 is 1.73 bits per heavy atom. The van der Waals surface area contributed by atoms with Crippen molar-refractivity contribution in [3.63, 3.8) is 0 Å². The summed E-state index contributed by atoms with van der Waals surface area (Å²) in [7, 11) is 0. The number of benzene rings is 2. The molecule has 0 spiro atoms. The number of nitrogens with one attached hydrogen (secondary N) is 1. The van der Waals surface area contributed by atoms with Crippen LogP contribution in [0.4, 0.5) is 4.39 Å². The fraction of sp³-hybridized carbons (Fsp3) is 0.333. The maximum absolute atomic E-state index is 15.0. The number of thiophene rings is 1. The van der Waals surface area contributed by atoms with Crippen LogP contribution in [0.15, 0.2) is 72.1 Å². The lowest BCUT2D eigenvalue weighted by Gasteiger charge is -2.32. The van der Waals surface area contributed by atoms with Gasteiger partial charge >= 0.3 is 0 Å². The van der Waals surface area contributed by atoms with E-state index in [2.05, 4.69) is 5.32 Å². The summed E-state index contributed by atoms with van der Waals surface area (Å²) in [6, 6.07) is 19.0. The molecule has 33 heavy (non-hydrogen) atoms. The summed E-state index contributed by atoms with van der Waals surface area (Å²) in [5.41, 5.74) is 1.30. The van der Waals surface area contributed by atoms with E-state index in [1.54, 1.807) is 23.1 Å². The lowest BCUT2D eigenvalue weighted by molar-refractivity contribution is -0.140. The van der Waals surface area contributed by atoms with Gasteiger partial charge < -0.3 is 10.2 Å². The van der Waals surface area contributed by atoms with E-state index in [0.717, 1.165) is 36.1 Å². The van der Waals surface area contributed by atoms with Crippen LogP contribution in [0.1, 0.15) is 47.7 Å². The van der Waals surface area contributed by atoms with Gasteiger partial charge in [0.1, 0.15) is 11.9 Å². The quantitative estimate of drug-likeness (QED) is 0.467. The van der Waals surface area contributed by atoms with Crippen molar-refractivity contribution in [2.24, 2.45) is 0 Å². The summed E-state index contributed by atoms with van der Waals surface area (Å²) >= 11 is 1.51. The second-order valence-electron chi connectivity index (χ2n) is 8.49. The first-order valence-electron chi connectivity index (χ1n) is 11.5. The van der Waals surface area contributed by atoms with E-state index in [1.165, 1.54) is 17.4 Å². The summed E-state index contributed by atoms with van der Waals surface area (Å²) in [6.45, 7) is 0.325. The monoisotopic (exact) mass is 464 g/mol. The fourth-order valence-electron chi connectivity index (χ4n) is 4.45. The van der Waals surface area contributed by atoms with E-state index in [0.29, 0.717) is 13.0 Å². The third-order valence-electron chi connectivity index (χ3n) is 6.17. The van der Waals surface area contributed by atoms with Gasteiger partial charge in [-0.25, -0.2) is 4.39 Å². The third-order valence-corrected chi connectivity index (χ3v) is 7.05. The summed E-state index contributed by atoms with van der Waals surface area (Å²) in [4.78, 5) is 29.6. The largest absolute Gasteiger partial charge is 0.351 e. The first kappa shape index (κ1) is 23.2. The minimum absolute atomic E-state index is 0.0788. The van der Waals surface area contributed by atoms with Gasteiger partial charge in [0.25, 0.3) is 0 Å². The van der Waals surface area contributed by atoms with E-state index in [1.807, 2.05) is 47.8 Å². The molecule has 6 heteroatoms. The van der Waals surface area contributed by atoms with Gasteiger partial charge in [-0.15, -0.1) is 11.3 Å². The molecule has 1 aliphatic carbocycles. The SMILES string of the molecule is O=C(NC1CCCC1)[C@H](c1ccccc1F)N(CCc1ccccc1)C(=O)Cc1cccs1. The van der Waals surface area contributed by atoms with E-state index >= 15 is 0 Å². The Hall–Kier alpha value is -2.99. The number of nitrogens with zero attached hydrogens (tertiary/aromatic N) is 1. The molecule has 1 atom stereocenters. The van der Waals surface area contributed by atoms with E-state index in [-0.39, 0.29) is 29.8 Å². The summed E-state index contributed by atoms with van der Waals surface area (Å²) in [5.74, 6) is -0.958. The highest BCUT2D eigenvalue weighted by Crippen LogP contribution is 2.27. The molecule has 1 fully saturated rings. The second kappa shape index (κ2) is 11.2. The molecule has 172 valence electrons. The molecule has 1 aromatic heterocycles. The first-order valence-corrected chi connectivity index (χ1v) is 12.4. The highest BCUT2D eigenvalue weighted by atomic mass is 32.1. The molecule has 1 aliphatic rings. The van der Waals surface area contributed by atoms with E-state index < -0.39 is 11.9 Å². The molecule has 0 radical (unpaired) electrons. The average molecular weight is 465 g/mol. The summed E-state index contributed by atoms with van der Waals surface area (Å²) in [5, 5.41) is 5.03. The Morgan fingerprint density at radius 1 is 1.00 bits per heavy atom. The van der Waals surface area contributed by atoms with Gasteiger partial charge in [0.2, 0.25) is 11.8 Å². The number of amides is 2. The molecule has 0 bridgehead atoms. The zero-order valence-electron chi connectivity index (χ0n) is 18.6. The van der Waals surface area contributed by atoms with Gasteiger partial charge in [0.15, 0.2) is 0 Å². The van der Waals surface area contributed by atoms with Gasteiger partial charge in [-0.1, -0.05) is 67.4 Å².